The average Bonchev–Trinajstić information content (AvgIpc) is 2.23. The maximum atomic E-state index is 11.7. The number of amides is 1. The monoisotopic (exact) mass is 218 g/mol. The van der Waals surface area contributed by atoms with Crippen molar-refractivity contribution in [3.63, 3.8) is 0 Å². The van der Waals surface area contributed by atoms with Gasteiger partial charge in [0.15, 0.2) is 0 Å². The van der Waals surface area contributed by atoms with Crippen molar-refractivity contribution in [1.82, 2.24) is 4.90 Å². The third-order valence-corrected chi connectivity index (χ3v) is 2.13. The molecule has 90 valence electrons. The van der Waals surface area contributed by atoms with Crippen molar-refractivity contribution in [2.24, 2.45) is 5.73 Å². The first-order valence-corrected chi connectivity index (χ1v) is 5.31. The summed E-state index contributed by atoms with van der Waals surface area (Å²) >= 11 is 0. The molecule has 0 saturated heterocycles. The number of carbonyl (C=O) groups is 1. The highest BCUT2D eigenvalue weighted by Gasteiger charge is 2.19. The van der Waals surface area contributed by atoms with Crippen LogP contribution in [0.4, 0.5) is 0 Å². The molecule has 0 bridgehead atoms. The zero-order valence-corrected chi connectivity index (χ0v) is 9.61. The van der Waals surface area contributed by atoms with Gasteiger partial charge in [0.2, 0.25) is 5.91 Å². The molecule has 15 heavy (non-hydrogen) atoms. The van der Waals surface area contributed by atoms with Crippen molar-refractivity contribution in [2.45, 2.75) is 25.8 Å². The molecule has 0 heterocycles. The van der Waals surface area contributed by atoms with Gasteiger partial charge in [0.05, 0.1) is 13.2 Å². The average molecular weight is 218 g/mol. The number of hydrogen-bond acceptors (Lipinski definition) is 4. The fourth-order valence-corrected chi connectivity index (χ4v) is 1.29. The first-order valence-electron chi connectivity index (χ1n) is 5.31. The normalized spacial score (nSPS) is 12.5. The molecule has 0 aliphatic carbocycles. The molecule has 0 rings (SSSR count). The number of aliphatic hydroxyl groups excluding tert-OH is 1. The number of rotatable bonds is 8. The zero-order valence-electron chi connectivity index (χ0n) is 9.61. The molecular formula is C10H22N2O3. The quantitative estimate of drug-likeness (QED) is 0.580. The van der Waals surface area contributed by atoms with Gasteiger partial charge < -0.3 is 20.5 Å². The fraction of sp³-hybridized carbons (Fsp3) is 0.900. The Balaban J connectivity index is 4.13. The van der Waals surface area contributed by atoms with Gasteiger partial charge in [-0.05, 0) is 6.42 Å². The maximum absolute atomic E-state index is 11.7. The zero-order chi connectivity index (χ0) is 11.7. The van der Waals surface area contributed by atoms with Gasteiger partial charge in [0.1, 0.15) is 6.04 Å². The predicted molar refractivity (Wildman–Crippen MR) is 58.4 cm³/mol. The molecule has 0 spiro atoms. The van der Waals surface area contributed by atoms with Crippen molar-refractivity contribution < 1.29 is 14.6 Å². The van der Waals surface area contributed by atoms with E-state index < -0.39 is 6.04 Å². The lowest BCUT2D eigenvalue weighted by Gasteiger charge is -2.24. The maximum Gasteiger partial charge on any atom is 0.241 e. The molecule has 0 fully saturated rings. The Bertz CT molecular complexity index is 176. The van der Waals surface area contributed by atoms with E-state index in [9.17, 15) is 4.79 Å². The Hall–Kier alpha value is -0.650. The van der Waals surface area contributed by atoms with Gasteiger partial charge >= 0.3 is 0 Å². The summed E-state index contributed by atoms with van der Waals surface area (Å²) in [4.78, 5) is 13.3. The summed E-state index contributed by atoms with van der Waals surface area (Å²) in [5.74, 6) is -0.153. The van der Waals surface area contributed by atoms with Crippen molar-refractivity contribution >= 4 is 5.91 Å². The molecule has 0 radical (unpaired) electrons. The minimum atomic E-state index is -0.626. The second kappa shape index (κ2) is 8.64. The van der Waals surface area contributed by atoms with E-state index in [1.165, 1.54) is 7.11 Å². The van der Waals surface area contributed by atoms with Crippen LogP contribution in [-0.2, 0) is 9.53 Å². The SMILES string of the molecule is CCCCN(CCO)C(=O)C(N)COC. The van der Waals surface area contributed by atoms with Crippen molar-refractivity contribution in [2.75, 3.05) is 33.4 Å². The van der Waals surface area contributed by atoms with E-state index >= 15 is 0 Å². The minimum Gasteiger partial charge on any atom is -0.395 e. The highest BCUT2D eigenvalue weighted by molar-refractivity contribution is 5.81. The second-order valence-corrected chi connectivity index (χ2v) is 3.46. The van der Waals surface area contributed by atoms with Crippen LogP contribution in [0, 0.1) is 0 Å². The van der Waals surface area contributed by atoms with E-state index in [4.69, 9.17) is 15.6 Å². The minimum absolute atomic E-state index is 0.0326. The van der Waals surface area contributed by atoms with Crippen LogP contribution in [0.15, 0.2) is 0 Å². The van der Waals surface area contributed by atoms with Crippen LogP contribution in [0.5, 0.6) is 0 Å². The van der Waals surface area contributed by atoms with Crippen LogP contribution < -0.4 is 5.73 Å². The van der Waals surface area contributed by atoms with Gasteiger partial charge in [-0.25, -0.2) is 0 Å². The van der Waals surface area contributed by atoms with Gasteiger partial charge in [0.25, 0.3) is 0 Å². The van der Waals surface area contributed by atoms with Gasteiger partial charge in [-0.1, -0.05) is 13.3 Å². The number of aliphatic hydroxyl groups is 1. The summed E-state index contributed by atoms with van der Waals surface area (Å²) in [5.41, 5.74) is 5.63. The Morgan fingerprint density at radius 3 is 2.67 bits per heavy atom. The number of ether oxygens (including phenoxy) is 1. The van der Waals surface area contributed by atoms with Crippen LogP contribution in [0.1, 0.15) is 19.8 Å². The molecular weight excluding hydrogens is 196 g/mol. The standard InChI is InChI=1S/C10H22N2O3/c1-3-4-5-12(6-7-13)10(14)9(11)8-15-2/h9,13H,3-8,11H2,1-2H3. The smallest absolute Gasteiger partial charge is 0.241 e. The lowest BCUT2D eigenvalue weighted by molar-refractivity contribution is -0.134. The van der Waals surface area contributed by atoms with E-state index in [-0.39, 0.29) is 19.1 Å². The molecule has 0 aliphatic rings. The van der Waals surface area contributed by atoms with E-state index in [1.807, 2.05) is 0 Å². The molecule has 5 nitrogen and oxygen atoms in total. The molecule has 1 atom stereocenters. The summed E-state index contributed by atoms with van der Waals surface area (Å²) < 4.78 is 4.82. The van der Waals surface area contributed by atoms with E-state index in [0.717, 1.165) is 12.8 Å². The van der Waals surface area contributed by atoms with Crippen LogP contribution in [0.25, 0.3) is 0 Å². The highest BCUT2D eigenvalue weighted by Crippen LogP contribution is 1.98. The molecule has 1 amide bonds. The highest BCUT2D eigenvalue weighted by atomic mass is 16.5. The van der Waals surface area contributed by atoms with Crippen LogP contribution in [-0.4, -0.2) is 55.4 Å². The van der Waals surface area contributed by atoms with Crippen molar-refractivity contribution in [1.29, 1.82) is 0 Å². The summed E-state index contributed by atoms with van der Waals surface area (Å²) in [7, 11) is 1.51. The number of unbranched alkanes of at least 4 members (excludes halogenated alkanes) is 1. The molecule has 0 aromatic carbocycles. The lowest BCUT2D eigenvalue weighted by atomic mass is 10.2. The molecule has 0 aromatic heterocycles. The van der Waals surface area contributed by atoms with Gasteiger partial charge in [-0.15, -0.1) is 0 Å². The fourth-order valence-electron chi connectivity index (χ4n) is 1.29. The first-order chi connectivity index (χ1) is 7.17. The van der Waals surface area contributed by atoms with Gasteiger partial charge in [0, 0.05) is 20.2 Å². The summed E-state index contributed by atoms with van der Waals surface area (Å²) in [6, 6.07) is -0.626. The van der Waals surface area contributed by atoms with Gasteiger partial charge in [-0.2, -0.15) is 0 Å². The summed E-state index contributed by atoms with van der Waals surface area (Å²) in [6.45, 7) is 3.22. The van der Waals surface area contributed by atoms with E-state index in [2.05, 4.69) is 6.92 Å². The van der Waals surface area contributed by atoms with E-state index in [1.54, 1.807) is 4.90 Å². The third kappa shape index (κ3) is 5.71. The van der Waals surface area contributed by atoms with Gasteiger partial charge in [-0.3, -0.25) is 4.79 Å². The molecule has 0 aromatic rings. The van der Waals surface area contributed by atoms with Crippen LogP contribution in [0.2, 0.25) is 0 Å². The number of nitrogens with two attached hydrogens (primary N) is 1. The number of carbonyl (C=O) groups excluding carboxylic acids is 1. The number of methoxy groups -OCH3 is 1. The molecule has 5 heteroatoms. The lowest BCUT2D eigenvalue weighted by Crippen LogP contribution is -2.47. The molecule has 0 saturated carbocycles. The molecule has 1 unspecified atom stereocenters. The molecule has 3 N–H and O–H groups in total. The van der Waals surface area contributed by atoms with Crippen LogP contribution >= 0.6 is 0 Å². The van der Waals surface area contributed by atoms with E-state index in [0.29, 0.717) is 13.1 Å². The predicted octanol–water partition coefficient (Wildman–Crippen LogP) is -0.419. The van der Waals surface area contributed by atoms with Crippen LogP contribution in [0.3, 0.4) is 0 Å². The summed E-state index contributed by atoms with van der Waals surface area (Å²) in [6.07, 6.45) is 1.93. The number of nitrogens with zero attached hydrogens (tertiary/aromatic N) is 1. The second-order valence-electron chi connectivity index (χ2n) is 3.46. The topological polar surface area (TPSA) is 75.8 Å². The third-order valence-electron chi connectivity index (χ3n) is 2.13. The number of hydrogen-bond donors (Lipinski definition) is 2. The Morgan fingerprint density at radius 1 is 1.53 bits per heavy atom. The molecule has 0 aliphatic heterocycles. The van der Waals surface area contributed by atoms with Crippen molar-refractivity contribution in [3.05, 3.63) is 0 Å². The Labute approximate surface area is 91.2 Å². The Morgan fingerprint density at radius 2 is 2.20 bits per heavy atom. The first kappa shape index (κ1) is 14.3. The Kier molecular flexibility index (Phi) is 8.27. The summed E-state index contributed by atoms with van der Waals surface area (Å²) in [5, 5.41) is 8.83. The largest absolute Gasteiger partial charge is 0.395 e. The van der Waals surface area contributed by atoms with Crippen molar-refractivity contribution in [3.8, 4) is 0 Å².